The minimum Gasteiger partial charge on any atom is -0.368 e. The summed E-state index contributed by atoms with van der Waals surface area (Å²) < 4.78 is 0. The first-order chi connectivity index (χ1) is 7.70. The number of nitrogens with two attached hydrogens (primary N) is 2. The first-order valence-electron chi connectivity index (χ1n) is 5.09. The Kier molecular flexibility index (Phi) is 2.83. The van der Waals surface area contributed by atoms with Gasteiger partial charge in [-0.1, -0.05) is 12.1 Å². The molecule has 0 spiro atoms. The van der Waals surface area contributed by atoms with Crippen molar-refractivity contribution < 1.29 is 0 Å². The maximum absolute atomic E-state index is 5.62. The molecule has 4 N–H and O–H groups in total. The first-order valence-corrected chi connectivity index (χ1v) is 5.09. The third-order valence-corrected chi connectivity index (χ3v) is 2.53. The fraction of sp³-hybridized carbons (Fsp3) is 0.167. The summed E-state index contributed by atoms with van der Waals surface area (Å²) in [5, 5.41) is 0. The molecule has 0 aliphatic carbocycles. The highest BCUT2D eigenvalue weighted by molar-refractivity contribution is 5.61. The lowest BCUT2D eigenvalue weighted by atomic mass is 10.0. The molecule has 1 heterocycles. The van der Waals surface area contributed by atoms with Gasteiger partial charge in [-0.2, -0.15) is 0 Å². The molecule has 0 saturated carbocycles. The topological polar surface area (TPSA) is 77.8 Å². The molecule has 2 aromatic rings. The van der Waals surface area contributed by atoms with Crippen molar-refractivity contribution in [3.05, 3.63) is 41.6 Å². The zero-order chi connectivity index (χ0) is 11.5. The van der Waals surface area contributed by atoms with E-state index in [9.17, 15) is 0 Å². The van der Waals surface area contributed by atoms with Crippen LogP contribution in [-0.4, -0.2) is 9.97 Å². The van der Waals surface area contributed by atoms with E-state index >= 15 is 0 Å². The second-order valence-corrected chi connectivity index (χ2v) is 3.65. The highest BCUT2D eigenvalue weighted by Gasteiger charge is 2.03. The quantitative estimate of drug-likeness (QED) is 0.794. The van der Waals surface area contributed by atoms with Crippen molar-refractivity contribution in [2.45, 2.75) is 13.5 Å². The van der Waals surface area contributed by atoms with Gasteiger partial charge in [-0.05, 0) is 30.2 Å². The van der Waals surface area contributed by atoms with E-state index in [-0.39, 0.29) is 5.95 Å². The van der Waals surface area contributed by atoms with Crippen LogP contribution in [0.2, 0.25) is 0 Å². The molecule has 16 heavy (non-hydrogen) atoms. The van der Waals surface area contributed by atoms with Crippen molar-refractivity contribution in [2.75, 3.05) is 5.73 Å². The first kappa shape index (κ1) is 10.6. The van der Waals surface area contributed by atoms with Crippen LogP contribution in [-0.2, 0) is 6.54 Å². The molecule has 0 unspecified atom stereocenters. The van der Waals surface area contributed by atoms with Gasteiger partial charge in [0.25, 0.3) is 0 Å². The number of aryl methyl sites for hydroxylation is 1. The third-order valence-electron chi connectivity index (χ3n) is 2.53. The normalized spacial score (nSPS) is 10.4. The number of hydrogen-bond acceptors (Lipinski definition) is 4. The molecule has 2 rings (SSSR count). The third kappa shape index (κ3) is 2.01. The van der Waals surface area contributed by atoms with E-state index in [1.54, 1.807) is 6.20 Å². The monoisotopic (exact) mass is 214 g/mol. The fourth-order valence-corrected chi connectivity index (χ4v) is 1.62. The van der Waals surface area contributed by atoms with Crippen molar-refractivity contribution in [2.24, 2.45) is 5.73 Å². The van der Waals surface area contributed by atoms with Gasteiger partial charge in [0.1, 0.15) is 0 Å². The number of anilines is 1. The van der Waals surface area contributed by atoms with Gasteiger partial charge in [-0.25, -0.2) is 9.97 Å². The predicted octanol–water partition coefficient (Wildman–Crippen LogP) is 1.49. The number of hydrogen-bond donors (Lipinski definition) is 2. The highest BCUT2D eigenvalue weighted by Crippen LogP contribution is 2.20. The number of aromatic nitrogens is 2. The Bertz CT molecular complexity index is 508. The molecule has 1 aromatic heterocycles. The van der Waals surface area contributed by atoms with Crippen LogP contribution in [0.3, 0.4) is 0 Å². The Morgan fingerprint density at radius 1 is 1.25 bits per heavy atom. The van der Waals surface area contributed by atoms with Crippen LogP contribution in [0.15, 0.2) is 30.5 Å². The zero-order valence-electron chi connectivity index (χ0n) is 9.14. The Labute approximate surface area is 94.3 Å². The molecule has 4 heteroatoms. The zero-order valence-corrected chi connectivity index (χ0v) is 9.14. The van der Waals surface area contributed by atoms with Crippen LogP contribution in [0.5, 0.6) is 0 Å². The minimum atomic E-state index is 0.290. The number of nitrogen functional groups attached to an aromatic ring is 1. The van der Waals surface area contributed by atoms with E-state index in [4.69, 9.17) is 11.5 Å². The van der Waals surface area contributed by atoms with Crippen LogP contribution >= 0.6 is 0 Å². The van der Waals surface area contributed by atoms with Gasteiger partial charge in [0.05, 0.1) is 5.69 Å². The summed E-state index contributed by atoms with van der Waals surface area (Å²) in [7, 11) is 0. The standard InChI is InChI=1S/C12H14N4/c1-8-6-9(2-3-10(8)7-13)11-4-5-15-12(14)16-11/h2-6H,7,13H2,1H3,(H2,14,15,16). The summed E-state index contributed by atoms with van der Waals surface area (Å²) in [5.41, 5.74) is 15.3. The van der Waals surface area contributed by atoms with Crippen LogP contribution in [0.4, 0.5) is 5.95 Å². The largest absolute Gasteiger partial charge is 0.368 e. The van der Waals surface area contributed by atoms with Gasteiger partial charge in [0.2, 0.25) is 5.95 Å². The molecule has 82 valence electrons. The van der Waals surface area contributed by atoms with Crippen molar-refractivity contribution in [3.8, 4) is 11.3 Å². The molecular weight excluding hydrogens is 200 g/mol. The lowest BCUT2D eigenvalue weighted by Crippen LogP contribution is -1.99. The van der Waals surface area contributed by atoms with E-state index in [0.717, 1.165) is 22.4 Å². The van der Waals surface area contributed by atoms with E-state index in [1.165, 1.54) is 0 Å². The van der Waals surface area contributed by atoms with Crippen molar-refractivity contribution in [1.82, 2.24) is 9.97 Å². The average molecular weight is 214 g/mol. The van der Waals surface area contributed by atoms with Crippen molar-refractivity contribution in [1.29, 1.82) is 0 Å². The molecule has 0 saturated heterocycles. The van der Waals surface area contributed by atoms with E-state index < -0.39 is 0 Å². The smallest absolute Gasteiger partial charge is 0.220 e. The predicted molar refractivity (Wildman–Crippen MR) is 64.5 cm³/mol. The SMILES string of the molecule is Cc1cc(-c2ccnc(N)n2)ccc1CN. The van der Waals surface area contributed by atoms with E-state index in [0.29, 0.717) is 6.54 Å². The number of benzene rings is 1. The summed E-state index contributed by atoms with van der Waals surface area (Å²) in [6.07, 6.45) is 1.66. The Morgan fingerprint density at radius 3 is 2.69 bits per heavy atom. The molecule has 0 atom stereocenters. The van der Waals surface area contributed by atoms with Gasteiger partial charge < -0.3 is 11.5 Å². The van der Waals surface area contributed by atoms with Crippen molar-refractivity contribution >= 4 is 5.95 Å². The molecule has 0 amide bonds. The van der Waals surface area contributed by atoms with Gasteiger partial charge in [-0.15, -0.1) is 0 Å². The average Bonchev–Trinajstić information content (AvgIpc) is 2.29. The summed E-state index contributed by atoms with van der Waals surface area (Å²) >= 11 is 0. The van der Waals surface area contributed by atoms with Gasteiger partial charge >= 0.3 is 0 Å². The van der Waals surface area contributed by atoms with E-state index in [1.807, 2.05) is 25.1 Å². The Hall–Kier alpha value is -1.94. The molecule has 0 bridgehead atoms. The minimum absolute atomic E-state index is 0.290. The lowest BCUT2D eigenvalue weighted by Gasteiger charge is -2.06. The lowest BCUT2D eigenvalue weighted by molar-refractivity contribution is 1.05. The fourth-order valence-electron chi connectivity index (χ4n) is 1.62. The Morgan fingerprint density at radius 2 is 2.06 bits per heavy atom. The maximum atomic E-state index is 5.62. The molecule has 4 nitrogen and oxygen atoms in total. The number of rotatable bonds is 2. The molecule has 0 fully saturated rings. The summed E-state index contributed by atoms with van der Waals surface area (Å²) in [6, 6.07) is 7.91. The van der Waals surface area contributed by atoms with Crippen LogP contribution < -0.4 is 11.5 Å². The highest BCUT2D eigenvalue weighted by atomic mass is 15.0. The second kappa shape index (κ2) is 4.28. The molecule has 1 aromatic carbocycles. The molecule has 0 radical (unpaired) electrons. The summed E-state index contributed by atoms with van der Waals surface area (Å²) in [5.74, 6) is 0.290. The summed E-state index contributed by atoms with van der Waals surface area (Å²) in [4.78, 5) is 8.04. The van der Waals surface area contributed by atoms with Crippen LogP contribution in [0, 0.1) is 6.92 Å². The molecular formula is C12H14N4. The number of nitrogens with zero attached hydrogens (tertiary/aromatic N) is 2. The molecule has 0 aliphatic heterocycles. The van der Waals surface area contributed by atoms with Crippen LogP contribution in [0.1, 0.15) is 11.1 Å². The van der Waals surface area contributed by atoms with Crippen molar-refractivity contribution in [3.63, 3.8) is 0 Å². The Balaban J connectivity index is 2.45. The van der Waals surface area contributed by atoms with Gasteiger partial charge in [-0.3, -0.25) is 0 Å². The van der Waals surface area contributed by atoms with Crippen LogP contribution in [0.25, 0.3) is 11.3 Å². The van der Waals surface area contributed by atoms with Gasteiger partial charge in [0, 0.05) is 18.3 Å². The molecule has 0 aliphatic rings. The maximum Gasteiger partial charge on any atom is 0.220 e. The van der Waals surface area contributed by atoms with Gasteiger partial charge in [0.15, 0.2) is 0 Å². The van der Waals surface area contributed by atoms with E-state index in [2.05, 4.69) is 16.0 Å². The second-order valence-electron chi connectivity index (χ2n) is 3.65. The summed E-state index contributed by atoms with van der Waals surface area (Å²) in [6.45, 7) is 2.59.